The van der Waals surface area contributed by atoms with Crippen molar-refractivity contribution in [2.24, 2.45) is 0 Å². The number of aryl methyl sites for hydroxylation is 1. The molecule has 0 fully saturated rings. The molecule has 0 unspecified atom stereocenters. The number of aromatic nitrogens is 1. The molecule has 0 aliphatic carbocycles. The van der Waals surface area contributed by atoms with Gasteiger partial charge < -0.3 is 5.32 Å². The van der Waals surface area contributed by atoms with E-state index in [1.807, 2.05) is 22.2 Å². The maximum Gasteiger partial charge on any atom is 0.226 e. The number of thiophene rings is 1. The van der Waals surface area contributed by atoms with Crippen LogP contribution in [0.5, 0.6) is 0 Å². The van der Waals surface area contributed by atoms with Crippen LogP contribution < -0.4 is 5.32 Å². The van der Waals surface area contributed by atoms with E-state index < -0.39 is 0 Å². The molecule has 0 aliphatic heterocycles. The summed E-state index contributed by atoms with van der Waals surface area (Å²) in [6.07, 6.45) is 1.16. The van der Waals surface area contributed by atoms with Crippen molar-refractivity contribution in [3.63, 3.8) is 0 Å². The summed E-state index contributed by atoms with van der Waals surface area (Å²) < 4.78 is 12.9. The molecule has 0 aliphatic rings. The van der Waals surface area contributed by atoms with E-state index in [4.69, 9.17) is 0 Å². The Bertz CT molecular complexity index is 751. The number of hydrogen-bond donors (Lipinski definition) is 1. The molecule has 22 heavy (non-hydrogen) atoms. The van der Waals surface area contributed by atoms with Gasteiger partial charge in [-0.3, -0.25) is 4.79 Å². The molecule has 112 valence electrons. The first-order valence-electron chi connectivity index (χ1n) is 6.73. The molecule has 0 atom stereocenters. The Morgan fingerprint density at radius 3 is 2.73 bits per heavy atom. The maximum atomic E-state index is 12.9. The van der Waals surface area contributed by atoms with Crippen LogP contribution in [0.25, 0.3) is 11.3 Å². The Morgan fingerprint density at radius 2 is 2.00 bits per heavy atom. The summed E-state index contributed by atoms with van der Waals surface area (Å²) in [4.78, 5) is 16.3. The number of carbonyl (C=O) groups excluding carboxylic acids is 1. The molecule has 0 radical (unpaired) electrons. The topological polar surface area (TPSA) is 42.0 Å². The summed E-state index contributed by atoms with van der Waals surface area (Å²) in [6.45, 7) is 0. The second-order valence-corrected chi connectivity index (χ2v) is 6.36. The number of thiazole rings is 1. The molecule has 0 saturated heterocycles. The van der Waals surface area contributed by atoms with Gasteiger partial charge in [-0.2, -0.15) is 11.3 Å². The molecule has 0 bridgehead atoms. The van der Waals surface area contributed by atoms with Crippen molar-refractivity contribution in [2.75, 3.05) is 5.32 Å². The van der Waals surface area contributed by atoms with Crippen LogP contribution in [0.3, 0.4) is 0 Å². The van der Waals surface area contributed by atoms with Gasteiger partial charge in [0.25, 0.3) is 0 Å². The minimum atomic E-state index is -0.277. The molecule has 6 heteroatoms. The first kappa shape index (κ1) is 14.9. The average molecular weight is 332 g/mol. The van der Waals surface area contributed by atoms with E-state index in [-0.39, 0.29) is 11.7 Å². The van der Waals surface area contributed by atoms with Crippen LogP contribution in [0.15, 0.2) is 46.5 Å². The summed E-state index contributed by atoms with van der Waals surface area (Å²) in [5.41, 5.74) is 2.74. The fourth-order valence-corrected chi connectivity index (χ4v) is 3.40. The van der Waals surface area contributed by atoms with Crippen molar-refractivity contribution in [3.05, 3.63) is 57.9 Å². The lowest BCUT2D eigenvalue weighted by Gasteiger charge is -2.00. The van der Waals surface area contributed by atoms with Crippen molar-refractivity contribution in [2.45, 2.75) is 12.8 Å². The third kappa shape index (κ3) is 3.78. The predicted octanol–water partition coefficient (Wildman–Crippen LogP) is 4.58. The Morgan fingerprint density at radius 1 is 1.18 bits per heavy atom. The van der Waals surface area contributed by atoms with Crippen LogP contribution in [-0.2, 0) is 11.2 Å². The Hall–Kier alpha value is -2.05. The van der Waals surface area contributed by atoms with E-state index in [1.165, 1.54) is 29.0 Å². The lowest BCUT2D eigenvalue weighted by molar-refractivity contribution is -0.116. The summed E-state index contributed by atoms with van der Waals surface area (Å²) in [5, 5.41) is 9.27. The number of benzene rings is 1. The minimum absolute atomic E-state index is 0.0498. The molecule has 1 N–H and O–H groups in total. The average Bonchev–Trinajstić information content (AvgIpc) is 3.17. The van der Waals surface area contributed by atoms with Crippen molar-refractivity contribution in [3.8, 4) is 11.3 Å². The summed E-state index contributed by atoms with van der Waals surface area (Å²) >= 11 is 2.99. The van der Waals surface area contributed by atoms with Crippen LogP contribution in [0.2, 0.25) is 0 Å². The third-order valence-corrected chi connectivity index (χ3v) is 4.60. The van der Waals surface area contributed by atoms with Gasteiger partial charge in [-0.25, -0.2) is 9.37 Å². The van der Waals surface area contributed by atoms with E-state index >= 15 is 0 Å². The van der Waals surface area contributed by atoms with E-state index in [9.17, 15) is 9.18 Å². The van der Waals surface area contributed by atoms with Crippen LogP contribution in [0, 0.1) is 5.82 Å². The summed E-state index contributed by atoms with van der Waals surface area (Å²) in [7, 11) is 0. The van der Waals surface area contributed by atoms with E-state index in [1.54, 1.807) is 23.5 Å². The normalized spacial score (nSPS) is 10.6. The maximum absolute atomic E-state index is 12.9. The second kappa shape index (κ2) is 6.81. The highest BCUT2D eigenvalue weighted by molar-refractivity contribution is 7.14. The standard InChI is InChI=1S/C16H13FN2OS2/c17-13-4-2-12(3-5-13)14-10-22-16(18-14)19-15(20)6-1-11-7-8-21-9-11/h2-5,7-10H,1,6H2,(H,18,19,20). The lowest BCUT2D eigenvalue weighted by Crippen LogP contribution is -2.11. The predicted molar refractivity (Wildman–Crippen MR) is 88.8 cm³/mol. The first-order chi connectivity index (χ1) is 10.7. The molecule has 1 amide bonds. The first-order valence-corrected chi connectivity index (χ1v) is 8.55. The Balaban J connectivity index is 1.59. The van der Waals surface area contributed by atoms with Gasteiger partial charge in [0.05, 0.1) is 5.69 Å². The molecular weight excluding hydrogens is 319 g/mol. The van der Waals surface area contributed by atoms with E-state index in [0.29, 0.717) is 11.6 Å². The zero-order valence-electron chi connectivity index (χ0n) is 11.6. The number of hydrogen-bond acceptors (Lipinski definition) is 4. The molecule has 3 rings (SSSR count). The monoisotopic (exact) mass is 332 g/mol. The van der Waals surface area contributed by atoms with Crippen LogP contribution in [0.1, 0.15) is 12.0 Å². The summed E-state index contributed by atoms with van der Waals surface area (Å²) in [5.74, 6) is -0.327. The quantitative estimate of drug-likeness (QED) is 0.743. The zero-order valence-corrected chi connectivity index (χ0v) is 13.2. The van der Waals surface area contributed by atoms with Gasteiger partial charge in [0.2, 0.25) is 5.91 Å². The van der Waals surface area contributed by atoms with Crippen molar-refractivity contribution >= 4 is 33.7 Å². The number of halogens is 1. The van der Waals surface area contributed by atoms with Crippen LogP contribution >= 0.6 is 22.7 Å². The Kier molecular flexibility index (Phi) is 4.60. The van der Waals surface area contributed by atoms with Crippen molar-refractivity contribution < 1.29 is 9.18 Å². The number of nitrogens with zero attached hydrogens (tertiary/aromatic N) is 1. The largest absolute Gasteiger partial charge is 0.302 e. The van der Waals surface area contributed by atoms with Gasteiger partial charge in [-0.1, -0.05) is 0 Å². The van der Waals surface area contributed by atoms with Gasteiger partial charge in [-0.05, 0) is 53.1 Å². The van der Waals surface area contributed by atoms with Gasteiger partial charge >= 0.3 is 0 Å². The lowest BCUT2D eigenvalue weighted by atomic mass is 10.2. The number of nitrogens with one attached hydrogen (secondary N) is 1. The Labute approximate surface area is 135 Å². The zero-order chi connectivity index (χ0) is 15.4. The highest BCUT2D eigenvalue weighted by Crippen LogP contribution is 2.25. The minimum Gasteiger partial charge on any atom is -0.302 e. The molecule has 3 nitrogen and oxygen atoms in total. The van der Waals surface area contributed by atoms with Crippen molar-refractivity contribution in [1.29, 1.82) is 0 Å². The fraction of sp³-hybridized carbons (Fsp3) is 0.125. The molecule has 3 aromatic rings. The molecule has 1 aromatic carbocycles. The molecule has 2 aromatic heterocycles. The van der Waals surface area contributed by atoms with Gasteiger partial charge in [0.15, 0.2) is 5.13 Å². The van der Waals surface area contributed by atoms with E-state index in [0.717, 1.165) is 17.7 Å². The highest BCUT2D eigenvalue weighted by atomic mass is 32.1. The highest BCUT2D eigenvalue weighted by Gasteiger charge is 2.08. The van der Waals surface area contributed by atoms with Crippen molar-refractivity contribution in [1.82, 2.24) is 4.98 Å². The smallest absolute Gasteiger partial charge is 0.226 e. The van der Waals surface area contributed by atoms with Gasteiger partial charge in [0.1, 0.15) is 5.82 Å². The number of anilines is 1. The molecule has 2 heterocycles. The van der Waals surface area contributed by atoms with Gasteiger partial charge in [-0.15, -0.1) is 11.3 Å². The van der Waals surface area contributed by atoms with Crippen LogP contribution in [0.4, 0.5) is 9.52 Å². The summed E-state index contributed by atoms with van der Waals surface area (Å²) in [6, 6.07) is 8.16. The molecule has 0 spiro atoms. The fourth-order valence-electron chi connectivity index (χ4n) is 1.96. The van der Waals surface area contributed by atoms with E-state index in [2.05, 4.69) is 10.3 Å². The molecular formula is C16H13FN2OS2. The number of carbonyl (C=O) groups is 1. The molecule has 0 saturated carbocycles. The van der Waals surface area contributed by atoms with Crippen LogP contribution in [-0.4, -0.2) is 10.9 Å². The second-order valence-electron chi connectivity index (χ2n) is 4.72. The number of amides is 1. The third-order valence-electron chi connectivity index (χ3n) is 3.11. The number of rotatable bonds is 5. The SMILES string of the molecule is O=C(CCc1ccsc1)Nc1nc(-c2ccc(F)cc2)cs1. The van der Waals surface area contributed by atoms with Gasteiger partial charge in [0, 0.05) is 17.4 Å².